The molecule has 2 aromatic rings. The van der Waals surface area contributed by atoms with E-state index in [9.17, 15) is 14.4 Å². The number of carbonyl (C=O) groups is 3. The van der Waals surface area contributed by atoms with Gasteiger partial charge in [0.05, 0.1) is 6.54 Å². The Bertz CT molecular complexity index is 931. The summed E-state index contributed by atoms with van der Waals surface area (Å²) >= 11 is 0. The second-order valence-electron chi connectivity index (χ2n) is 7.65. The molecule has 3 rings (SSSR count). The Morgan fingerprint density at radius 2 is 1.62 bits per heavy atom. The molecule has 2 atom stereocenters. The van der Waals surface area contributed by atoms with E-state index in [4.69, 9.17) is 14.6 Å². The van der Waals surface area contributed by atoms with Crippen LogP contribution in [0.1, 0.15) is 36.8 Å². The SMILES string of the molecule is CC[C@@H](CC(=O)NCC(OC)C(=O)O)NC(=O)OCC1c2ccccc2-c2ccccc21. The predicted octanol–water partition coefficient (Wildman–Crippen LogP) is 2.91. The number of benzene rings is 2. The van der Waals surface area contributed by atoms with Crippen molar-refractivity contribution < 1.29 is 29.0 Å². The Labute approximate surface area is 186 Å². The summed E-state index contributed by atoms with van der Waals surface area (Å²) in [5.74, 6) is -1.57. The van der Waals surface area contributed by atoms with Crippen molar-refractivity contribution >= 4 is 18.0 Å². The van der Waals surface area contributed by atoms with Crippen molar-refractivity contribution in [1.29, 1.82) is 0 Å². The average molecular weight is 440 g/mol. The first-order chi connectivity index (χ1) is 15.4. The van der Waals surface area contributed by atoms with Crippen molar-refractivity contribution in [2.75, 3.05) is 20.3 Å². The summed E-state index contributed by atoms with van der Waals surface area (Å²) in [6, 6.07) is 15.7. The fourth-order valence-electron chi connectivity index (χ4n) is 3.88. The molecule has 0 heterocycles. The summed E-state index contributed by atoms with van der Waals surface area (Å²) in [4.78, 5) is 35.5. The fourth-order valence-corrected chi connectivity index (χ4v) is 3.88. The second-order valence-corrected chi connectivity index (χ2v) is 7.65. The van der Waals surface area contributed by atoms with Crippen LogP contribution < -0.4 is 10.6 Å². The zero-order valence-corrected chi connectivity index (χ0v) is 18.2. The van der Waals surface area contributed by atoms with Crippen LogP contribution in [0, 0.1) is 0 Å². The molecule has 8 nitrogen and oxygen atoms in total. The zero-order chi connectivity index (χ0) is 23.1. The molecule has 170 valence electrons. The Morgan fingerprint density at radius 1 is 1.03 bits per heavy atom. The molecule has 1 aliphatic rings. The van der Waals surface area contributed by atoms with Gasteiger partial charge in [0, 0.05) is 25.5 Å². The molecule has 1 unspecified atom stereocenters. The highest BCUT2D eigenvalue weighted by Crippen LogP contribution is 2.44. The summed E-state index contributed by atoms with van der Waals surface area (Å²) in [6.45, 7) is 1.89. The zero-order valence-electron chi connectivity index (χ0n) is 18.2. The van der Waals surface area contributed by atoms with Crippen molar-refractivity contribution in [3.63, 3.8) is 0 Å². The fraction of sp³-hybridized carbons (Fsp3) is 0.375. The first-order valence-corrected chi connectivity index (χ1v) is 10.6. The van der Waals surface area contributed by atoms with E-state index < -0.39 is 24.2 Å². The van der Waals surface area contributed by atoms with Gasteiger partial charge in [0.25, 0.3) is 0 Å². The third-order valence-corrected chi connectivity index (χ3v) is 5.63. The molecule has 0 fully saturated rings. The van der Waals surface area contributed by atoms with Gasteiger partial charge in [-0.3, -0.25) is 4.79 Å². The molecule has 8 heteroatoms. The van der Waals surface area contributed by atoms with Gasteiger partial charge in [0.15, 0.2) is 6.10 Å². The molecule has 32 heavy (non-hydrogen) atoms. The number of alkyl carbamates (subject to hydrolysis) is 1. The normalized spacial score (nSPS) is 14.1. The molecule has 0 bridgehead atoms. The number of carboxylic acid groups (broad SMARTS) is 1. The first-order valence-electron chi connectivity index (χ1n) is 10.6. The van der Waals surface area contributed by atoms with E-state index in [-0.39, 0.29) is 31.4 Å². The third-order valence-electron chi connectivity index (χ3n) is 5.63. The lowest BCUT2D eigenvalue weighted by Gasteiger charge is -2.19. The molecule has 0 spiro atoms. The number of aliphatic carboxylic acids is 1. The first kappa shape index (κ1) is 23.3. The Hall–Kier alpha value is -3.39. The van der Waals surface area contributed by atoms with Crippen molar-refractivity contribution in [3.05, 3.63) is 59.7 Å². The van der Waals surface area contributed by atoms with Crippen LogP contribution in [-0.2, 0) is 19.1 Å². The monoisotopic (exact) mass is 440 g/mol. The summed E-state index contributed by atoms with van der Waals surface area (Å²) in [5, 5.41) is 14.2. The summed E-state index contributed by atoms with van der Waals surface area (Å²) in [7, 11) is 1.26. The number of rotatable bonds is 10. The molecule has 0 radical (unpaired) electrons. The van der Waals surface area contributed by atoms with Gasteiger partial charge in [-0.15, -0.1) is 0 Å². The van der Waals surface area contributed by atoms with Crippen LogP contribution in [0.4, 0.5) is 4.79 Å². The number of carbonyl (C=O) groups excluding carboxylic acids is 2. The quantitative estimate of drug-likeness (QED) is 0.524. The van der Waals surface area contributed by atoms with Gasteiger partial charge in [0.1, 0.15) is 6.61 Å². The smallest absolute Gasteiger partial charge is 0.407 e. The van der Waals surface area contributed by atoms with Gasteiger partial charge >= 0.3 is 12.1 Å². The van der Waals surface area contributed by atoms with Crippen LogP contribution in [-0.4, -0.2) is 55.5 Å². The minimum Gasteiger partial charge on any atom is -0.479 e. The highest BCUT2D eigenvalue weighted by molar-refractivity contribution is 5.80. The topological polar surface area (TPSA) is 114 Å². The van der Waals surface area contributed by atoms with E-state index >= 15 is 0 Å². The largest absolute Gasteiger partial charge is 0.479 e. The Morgan fingerprint density at radius 3 is 2.16 bits per heavy atom. The van der Waals surface area contributed by atoms with E-state index in [2.05, 4.69) is 22.8 Å². The molecular weight excluding hydrogens is 412 g/mol. The van der Waals surface area contributed by atoms with Gasteiger partial charge in [-0.05, 0) is 28.7 Å². The number of amides is 2. The van der Waals surface area contributed by atoms with Crippen molar-refractivity contribution in [1.82, 2.24) is 10.6 Å². The van der Waals surface area contributed by atoms with Crippen LogP contribution in [0.3, 0.4) is 0 Å². The summed E-state index contributed by atoms with van der Waals surface area (Å²) in [5.41, 5.74) is 4.55. The highest BCUT2D eigenvalue weighted by atomic mass is 16.5. The maximum absolute atomic E-state index is 12.4. The standard InChI is InChI=1S/C24H28N2O6/c1-3-15(12-22(27)25-13-21(31-2)23(28)29)26-24(30)32-14-20-18-10-6-4-8-16(18)17-9-5-7-11-19(17)20/h4-11,15,20-21H,3,12-14H2,1-2H3,(H,25,27)(H,26,30)(H,28,29)/t15-,21?/m0/s1. The second kappa shape index (κ2) is 10.8. The van der Waals surface area contributed by atoms with Gasteiger partial charge in [-0.25, -0.2) is 9.59 Å². The number of hydrogen-bond acceptors (Lipinski definition) is 5. The summed E-state index contributed by atoms with van der Waals surface area (Å²) in [6.07, 6.45) is -1.18. The Kier molecular flexibility index (Phi) is 7.83. The molecule has 0 aromatic heterocycles. The molecule has 0 saturated carbocycles. The number of hydrogen-bond donors (Lipinski definition) is 3. The van der Waals surface area contributed by atoms with Crippen LogP contribution in [0.2, 0.25) is 0 Å². The van der Waals surface area contributed by atoms with Gasteiger partial charge in [-0.2, -0.15) is 0 Å². The number of carboxylic acids is 1. The van der Waals surface area contributed by atoms with E-state index in [0.717, 1.165) is 22.3 Å². The molecule has 0 aliphatic heterocycles. The lowest BCUT2D eigenvalue weighted by molar-refractivity contribution is -0.148. The van der Waals surface area contributed by atoms with E-state index in [0.29, 0.717) is 6.42 Å². The minimum atomic E-state index is -1.16. The van der Waals surface area contributed by atoms with Gasteiger partial charge < -0.3 is 25.2 Å². The highest BCUT2D eigenvalue weighted by Gasteiger charge is 2.29. The lowest BCUT2D eigenvalue weighted by Crippen LogP contribution is -2.42. The lowest BCUT2D eigenvalue weighted by atomic mass is 9.98. The average Bonchev–Trinajstić information content (AvgIpc) is 3.11. The van der Waals surface area contributed by atoms with Crippen LogP contribution in [0.25, 0.3) is 11.1 Å². The van der Waals surface area contributed by atoms with Crippen molar-refractivity contribution in [3.8, 4) is 11.1 Å². The molecule has 2 aromatic carbocycles. The number of fused-ring (bicyclic) bond motifs is 3. The van der Waals surface area contributed by atoms with E-state index in [1.165, 1.54) is 7.11 Å². The van der Waals surface area contributed by atoms with E-state index in [1.54, 1.807) is 0 Å². The van der Waals surface area contributed by atoms with Crippen LogP contribution >= 0.6 is 0 Å². The minimum absolute atomic E-state index is 0.0107. The molecule has 0 saturated heterocycles. The van der Waals surface area contributed by atoms with Gasteiger partial charge in [-0.1, -0.05) is 55.5 Å². The van der Waals surface area contributed by atoms with Gasteiger partial charge in [0.2, 0.25) is 5.91 Å². The van der Waals surface area contributed by atoms with E-state index in [1.807, 2.05) is 43.3 Å². The maximum Gasteiger partial charge on any atom is 0.407 e. The molecule has 3 N–H and O–H groups in total. The molecular formula is C24H28N2O6. The number of nitrogens with one attached hydrogen (secondary N) is 2. The predicted molar refractivity (Wildman–Crippen MR) is 118 cm³/mol. The van der Waals surface area contributed by atoms with Crippen molar-refractivity contribution in [2.24, 2.45) is 0 Å². The number of methoxy groups -OCH3 is 1. The Balaban J connectivity index is 1.53. The van der Waals surface area contributed by atoms with Crippen molar-refractivity contribution in [2.45, 2.75) is 37.8 Å². The summed E-state index contributed by atoms with van der Waals surface area (Å²) < 4.78 is 10.3. The van der Waals surface area contributed by atoms with Crippen LogP contribution in [0.15, 0.2) is 48.5 Å². The third kappa shape index (κ3) is 5.45. The van der Waals surface area contributed by atoms with Crippen LogP contribution in [0.5, 0.6) is 0 Å². The number of ether oxygens (including phenoxy) is 2. The maximum atomic E-state index is 12.4. The molecule has 2 amide bonds. The molecule has 1 aliphatic carbocycles.